The second kappa shape index (κ2) is 8.55. The van der Waals surface area contributed by atoms with Gasteiger partial charge in [0, 0.05) is 30.9 Å². The number of amides is 1. The lowest BCUT2D eigenvalue weighted by atomic mass is 10.1. The molecule has 1 aliphatic rings. The molecule has 0 atom stereocenters. The van der Waals surface area contributed by atoms with Gasteiger partial charge in [0.2, 0.25) is 5.91 Å². The predicted molar refractivity (Wildman–Crippen MR) is 128 cm³/mol. The number of aliphatic hydroxyl groups is 1. The highest BCUT2D eigenvalue weighted by atomic mass is 35.5. The minimum Gasteiger partial charge on any atom is -0.455 e. The van der Waals surface area contributed by atoms with Gasteiger partial charge in [-0.15, -0.1) is 0 Å². The van der Waals surface area contributed by atoms with Gasteiger partial charge in [-0.2, -0.15) is 0 Å². The Morgan fingerprint density at radius 1 is 1.15 bits per heavy atom. The van der Waals surface area contributed by atoms with Crippen molar-refractivity contribution in [2.24, 2.45) is 0 Å². The van der Waals surface area contributed by atoms with Gasteiger partial charge in [-0.05, 0) is 30.3 Å². The summed E-state index contributed by atoms with van der Waals surface area (Å²) in [4.78, 5) is 22.3. The van der Waals surface area contributed by atoms with Crippen LogP contribution in [-0.2, 0) is 17.8 Å². The third-order valence-corrected chi connectivity index (χ3v) is 6.15. The molecule has 168 valence electrons. The normalized spacial score (nSPS) is 13.0. The molecule has 33 heavy (non-hydrogen) atoms. The number of ether oxygens (including phenoxy) is 1. The summed E-state index contributed by atoms with van der Waals surface area (Å²) in [6, 6.07) is 12.6. The standard InChI is InChI=1S/C23H19Cl2N5O3/c1-29-17-3-2-4-18(14(17)10-21(29)32)33-19-6-5-13(9-15(19)24)28-23-22-16(26-12-27-23)11-20(25)30(22)7-8-31/h2-6,9,11-12,31H,7-8,10H2,1H3,(H,26,27,28). The molecule has 1 aliphatic heterocycles. The Hall–Kier alpha value is -3.33. The van der Waals surface area contributed by atoms with E-state index < -0.39 is 0 Å². The van der Waals surface area contributed by atoms with Gasteiger partial charge in [-0.3, -0.25) is 4.79 Å². The molecule has 8 nitrogen and oxygen atoms in total. The number of aliphatic hydroxyl groups excluding tert-OH is 1. The number of nitrogens with zero attached hydrogens (tertiary/aromatic N) is 4. The molecule has 2 aromatic carbocycles. The summed E-state index contributed by atoms with van der Waals surface area (Å²) < 4.78 is 7.81. The maximum Gasteiger partial charge on any atom is 0.231 e. The van der Waals surface area contributed by atoms with E-state index in [0.29, 0.717) is 57.2 Å². The number of carbonyl (C=O) groups is 1. The fourth-order valence-electron chi connectivity index (χ4n) is 3.93. The Balaban J connectivity index is 1.43. The van der Waals surface area contributed by atoms with E-state index >= 15 is 0 Å². The Labute approximate surface area is 199 Å². The van der Waals surface area contributed by atoms with E-state index in [0.717, 1.165) is 11.3 Å². The number of benzene rings is 2. The Morgan fingerprint density at radius 3 is 2.79 bits per heavy atom. The number of hydrogen-bond acceptors (Lipinski definition) is 6. The van der Waals surface area contributed by atoms with Crippen LogP contribution in [0, 0.1) is 0 Å². The second-order valence-corrected chi connectivity index (χ2v) is 8.35. The van der Waals surface area contributed by atoms with Gasteiger partial charge in [0.25, 0.3) is 0 Å². The van der Waals surface area contributed by atoms with Crippen molar-refractivity contribution in [3.63, 3.8) is 0 Å². The largest absolute Gasteiger partial charge is 0.455 e. The molecular formula is C23H19Cl2N5O3. The number of likely N-dealkylation sites (N-methyl/N-ethyl adjacent to an activating group) is 1. The molecule has 0 fully saturated rings. The van der Waals surface area contributed by atoms with E-state index in [4.69, 9.17) is 27.9 Å². The highest BCUT2D eigenvalue weighted by Gasteiger charge is 2.27. The van der Waals surface area contributed by atoms with Crippen molar-refractivity contribution in [2.75, 3.05) is 23.9 Å². The first-order valence-electron chi connectivity index (χ1n) is 10.2. The molecule has 0 unspecified atom stereocenters. The summed E-state index contributed by atoms with van der Waals surface area (Å²) in [5.74, 6) is 1.63. The molecule has 0 radical (unpaired) electrons. The number of anilines is 3. The van der Waals surface area contributed by atoms with Gasteiger partial charge in [0.05, 0.1) is 29.3 Å². The van der Waals surface area contributed by atoms with Gasteiger partial charge >= 0.3 is 0 Å². The molecule has 1 amide bonds. The first-order chi connectivity index (χ1) is 16.0. The molecule has 5 rings (SSSR count). The lowest BCUT2D eigenvalue weighted by Gasteiger charge is -2.14. The average molecular weight is 484 g/mol. The van der Waals surface area contributed by atoms with E-state index in [1.807, 2.05) is 24.3 Å². The first-order valence-corrected chi connectivity index (χ1v) is 11.0. The molecule has 10 heteroatoms. The number of nitrogens with one attached hydrogen (secondary N) is 1. The van der Waals surface area contributed by atoms with Crippen LogP contribution < -0.4 is 15.0 Å². The zero-order valence-corrected chi connectivity index (χ0v) is 19.1. The van der Waals surface area contributed by atoms with Gasteiger partial charge < -0.3 is 24.6 Å². The lowest BCUT2D eigenvalue weighted by Crippen LogP contribution is -2.20. The van der Waals surface area contributed by atoms with Crippen molar-refractivity contribution in [1.82, 2.24) is 14.5 Å². The molecule has 0 aliphatic carbocycles. The minimum atomic E-state index is -0.0692. The smallest absolute Gasteiger partial charge is 0.231 e. The fourth-order valence-corrected chi connectivity index (χ4v) is 4.43. The molecule has 4 aromatic rings. The highest BCUT2D eigenvalue weighted by molar-refractivity contribution is 6.32. The van der Waals surface area contributed by atoms with Gasteiger partial charge in [-0.1, -0.05) is 29.3 Å². The molecule has 0 bridgehead atoms. The highest BCUT2D eigenvalue weighted by Crippen LogP contribution is 2.39. The Kier molecular flexibility index (Phi) is 5.57. The third kappa shape index (κ3) is 3.86. The Morgan fingerprint density at radius 2 is 2.00 bits per heavy atom. The summed E-state index contributed by atoms with van der Waals surface area (Å²) >= 11 is 12.8. The number of aromatic nitrogens is 3. The number of carbonyl (C=O) groups excluding carboxylic acids is 1. The van der Waals surface area contributed by atoms with Gasteiger partial charge in [0.15, 0.2) is 5.82 Å². The lowest BCUT2D eigenvalue weighted by molar-refractivity contribution is -0.117. The van der Waals surface area contributed by atoms with Crippen LogP contribution in [0.25, 0.3) is 11.0 Å². The monoisotopic (exact) mass is 483 g/mol. The molecular weight excluding hydrogens is 465 g/mol. The van der Waals surface area contributed by atoms with Crippen LogP contribution in [0.2, 0.25) is 10.2 Å². The van der Waals surface area contributed by atoms with Crippen LogP contribution in [0.4, 0.5) is 17.2 Å². The van der Waals surface area contributed by atoms with E-state index in [1.54, 1.807) is 34.7 Å². The maximum atomic E-state index is 12.1. The van der Waals surface area contributed by atoms with Crippen LogP contribution >= 0.6 is 23.2 Å². The molecule has 2 aromatic heterocycles. The number of hydrogen-bond donors (Lipinski definition) is 2. The molecule has 0 saturated carbocycles. The van der Waals surface area contributed by atoms with Gasteiger partial charge in [-0.25, -0.2) is 9.97 Å². The van der Waals surface area contributed by atoms with Crippen molar-refractivity contribution in [1.29, 1.82) is 0 Å². The predicted octanol–water partition coefficient (Wildman–Crippen LogP) is 4.79. The quantitative estimate of drug-likeness (QED) is 0.409. The summed E-state index contributed by atoms with van der Waals surface area (Å²) in [6.45, 7) is 0.247. The summed E-state index contributed by atoms with van der Waals surface area (Å²) in [5, 5.41) is 13.5. The summed E-state index contributed by atoms with van der Waals surface area (Å²) in [5.41, 5.74) is 3.71. The first kappa shape index (κ1) is 21.5. The SMILES string of the molecule is CN1C(=O)Cc2c(Oc3ccc(Nc4ncnc5cc(Cl)n(CCO)c45)cc3Cl)cccc21. The van der Waals surface area contributed by atoms with Crippen LogP contribution in [0.5, 0.6) is 11.5 Å². The maximum absolute atomic E-state index is 12.1. The van der Waals surface area contributed by atoms with Crippen LogP contribution in [-0.4, -0.2) is 39.2 Å². The zero-order chi connectivity index (χ0) is 23.1. The topological polar surface area (TPSA) is 92.5 Å². The van der Waals surface area contributed by atoms with Crippen molar-refractivity contribution >= 4 is 57.3 Å². The molecule has 0 spiro atoms. The molecule has 2 N–H and O–H groups in total. The fraction of sp³-hybridized carbons (Fsp3) is 0.174. The minimum absolute atomic E-state index is 0.0221. The van der Waals surface area contributed by atoms with Crippen molar-refractivity contribution in [2.45, 2.75) is 13.0 Å². The number of fused-ring (bicyclic) bond motifs is 2. The molecule has 3 heterocycles. The van der Waals surface area contributed by atoms with Crippen LogP contribution in [0.1, 0.15) is 5.56 Å². The van der Waals surface area contributed by atoms with Crippen molar-refractivity contribution in [3.8, 4) is 11.5 Å². The summed E-state index contributed by atoms with van der Waals surface area (Å²) in [6.07, 6.45) is 1.73. The molecule has 0 saturated heterocycles. The van der Waals surface area contributed by atoms with E-state index in [9.17, 15) is 9.90 Å². The Bertz CT molecular complexity index is 1390. The average Bonchev–Trinajstić information content (AvgIpc) is 3.27. The third-order valence-electron chi connectivity index (χ3n) is 5.54. The van der Waals surface area contributed by atoms with Crippen LogP contribution in [0.15, 0.2) is 48.8 Å². The number of halogens is 2. The van der Waals surface area contributed by atoms with E-state index in [-0.39, 0.29) is 12.5 Å². The zero-order valence-electron chi connectivity index (χ0n) is 17.5. The summed E-state index contributed by atoms with van der Waals surface area (Å²) in [7, 11) is 1.75. The van der Waals surface area contributed by atoms with Crippen LogP contribution in [0.3, 0.4) is 0 Å². The van der Waals surface area contributed by atoms with E-state index in [1.165, 1.54) is 6.33 Å². The van der Waals surface area contributed by atoms with E-state index in [2.05, 4.69) is 15.3 Å². The second-order valence-electron chi connectivity index (χ2n) is 7.55. The number of rotatable bonds is 6. The van der Waals surface area contributed by atoms with Crippen molar-refractivity contribution in [3.05, 3.63) is 64.5 Å². The van der Waals surface area contributed by atoms with Crippen molar-refractivity contribution < 1.29 is 14.6 Å². The van der Waals surface area contributed by atoms with Gasteiger partial charge in [0.1, 0.15) is 28.5 Å².